The van der Waals surface area contributed by atoms with Gasteiger partial charge in [0.05, 0.1) is 5.60 Å². The Labute approximate surface area is 133 Å². The Morgan fingerprint density at radius 1 is 1.41 bits per heavy atom. The average molecular weight is 307 g/mol. The third-order valence-corrected chi connectivity index (χ3v) is 4.26. The third kappa shape index (κ3) is 4.91. The van der Waals surface area contributed by atoms with Crippen LogP contribution in [-0.4, -0.2) is 37.4 Å². The van der Waals surface area contributed by atoms with Crippen LogP contribution in [0.25, 0.3) is 0 Å². The van der Waals surface area contributed by atoms with E-state index in [9.17, 15) is 9.90 Å². The van der Waals surface area contributed by atoms with E-state index in [0.29, 0.717) is 0 Å². The summed E-state index contributed by atoms with van der Waals surface area (Å²) in [6, 6.07) is 5.56. The number of hydrogen-bond donors (Lipinski definition) is 3. The molecule has 1 aromatic carbocycles. The highest BCUT2D eigenvalue weighted by atomic mass is 16.3. The summed E-state index contributed by atoms with van der Waals surface area (Å²) >= 11 is 0. The second-order valence-corrected chi connectivity index (χ2v) is 6.37. The van der Waals surface area contributed by atoms with Gasteiger partial charge >= 0.3 is 6.03 Å². The van der Waals surface area contributed by atoms with Gasteiger partial charge in [-0.1, -0.05) is 20.3 Å². The van der Waals surface area contributed by atoms with Gasteiger partial charge in [-0.25, -0.2) is 4.79 Å². The van der Waals surface area contributed by atoms with Gasteiger partial charge in [-0.3, -0.25) is 0 Å². The first-order valence-corrected chi connectivity index (χ1v) is 7.72. The molecule has 5 nitrogen and oxygen atoms in total. The number of nitrogens with zero attached hydrogens (tertiary/aromatic N) is 1. The summed E-state index contributed by atoms with van der Waals surface area (Å²) in [5.41, 5.74) is 1.94. The van der Waals surface area contributed by atoms with Crippen LogP contribution < -0.4 is 15.5 Å². The Morgan fingerprint density at radius 2 is 2.05 bits per heavy atom. The molecule has 2 amide bonds. The summed E-state index contributed by atoms with van der Waals surface area (Å²) < 4.78 is 0. The van der Waals surface area contributed by atoms with E-state index in [1.807, 2.05) is 58.0 Å². The van der Waals surface area contributed by atoms with E-state index in [0.717, 1.165) is 23.4 Å². The number of rotatable bonds is 6. The Morgan fingerprint density at radius 3 is 2.55 bits per heavy atom. The van der Waals surface area contributed by atoms with Gasteiger partial charge in [-0.05, 0) is 43.5 Å². The molecule has 1 rings (SSSR count). The molecule has 3 N–H and O–H groups in total. The van der Waals surface area contributed by atoms with Crippen molar-refractivity contribution in [3.63, 3.8) is 0 Å². The molecular formula is C17H29N3O2. The Balaban J connectivity index is 2.63. The summed E-state index contributed by atoms with van der Waals surface area (Å²) in [4.78, 5) is 14.0. The van der Waals surface area contributed by atoms with Crippen molar-refractivity contribution in [2.75, 3.05) is 30.9 Å². The summed E-state index contributed by atoms with van der Waals surface area (Å²) in [5, 5.41) is 15.9. The molecule has 2 atom stereocenters. The summed E-state index contributed by atoms with van der Waals surface area (Å²) in [6.07, 6.45) is 0.863. The van der Waals surface area contributed by atoms with Crippen LogP contribution in [0.3, 0.4) is 0 Å². The fourth-order valence-electron chi connectivity index (χ4n) is 2.11. The normalized spacial score (nSPS) is 14.9. The average Bonchev–Trinajstić information content (AvgIpc) is 2.46. The fraction of sp³-hybridized carbons (Fsp3) is 0.588. The van der Waals surface area contributed by atoms with Gasteiger partial charge < -0.3 is 20.6 Å². The molecule has 5 heteroatoms. The highest BCUT2D eigenvalue weighted by molar-refractivity contribution is 5.90. The molecule has 124 valence electrons. The molecule has 0 saturated heterocycles. The van der Waals surface area contributed by atoms with E-state index in [1.165, 1.54) is 0 Å². The lowest BCUT2D eigenvalue weighted by Gasteiger charge is -2.29. The van der Waals surface area contributed by atoms with Crippen molar-refractivity contribution < 1.29 is 9.90 Å². The summed E-state index contributed by atoms with van der Waals surface area (Å²) in [6.45, 7) is 7.93. The predicted molar refractivity (Wildman–Crippen MR) is 92.6 cm³/mol. The van der Waals surface area contributed by atoms with Crippen LogP contribution in [0.2, 0.25) is 0 Å². The number of nitrogens with one attached hydrogen (secondary N) is 2. The van der Waals surface area contributed by atoms with Crippen LogP contribution in [0.15, 0.2) is 18.2 Å². The van der Waals surface area contributed by atoms with Crippen molar-refractivity contribution in [1.29, 1.82) is 0 Å². The molecule has 0 saturated carbocycles. The van der Waals surface area contributed by atoms with Crippen LogP contribution >= 0.6 is 0 Å². The number of carbonyl (C=O) groups is 1. The SMILES string of the molecule is CCC(C)C(C)(O)CNC(=O)Nc1ccc(N(C)C)cc1C. The van der Waals surface area contributed by atoms with Crippen molar-refractivity contribution in [2.24, 2.45) is 5.92 Å². The van der Waals surface area contributed by atoms with Crippen LogP contribution in [0.1, 0.15) is 32.8 Å². The van der Waals surface area contributed by atoms with Crippen LogP contribution in [0.4, 0.5) is 16.2 Å². The quantitative estimate of drug-likeness (QED) is 0.757. The van der Waals surface area contributed by atoms with E-state index in [2.05, 4.69) is 10.6 Å². The molecule has 2 unspecified atom stereocenters. The third-order valence-electron chi connectivity index (χ3n) is 4.26. The number of aryl methyl sites for hydroxylation is 1. The zero-order chi connectivity index (χ0) is 16.9. The topological polar surface area (TPSA) is 64.6 Å². The number of carbonyl (C=O) groups excluding carboxylic acids is 1. The zero-order valence-corrected chi connectivity index (χ0v) is 14.5. The van der Waals surface area contributed by atoms with Crippen molar-refractivity contribution in [2.45, 2.75) is 39.7 Å². The second kappa shape index (κ2) is 7.49. The van der Waals surface area contributed by atoms with E-state index < -0.39 is 5.60 Å². The number of aliphatic hydroxyl groups is 1. The molecule has 0 aliphatic rings. The summed E-state index contributed by atoms with van der Waals surface area (Å²) in [5.74, 6) is 0.119. The van der Waals surface area contributed by atoms with Crippen molar-refractivity contribution in [3.05, 3.63) is 23.8 Å². The smallest absolute Gasteiger partial charge is 0.319 e. The molecule has 0 bridgehead atoms. The van der Waals surface area contributed by atoms with Crippen LogP contribution in [0.5, 0.6) is 0 Å². The second-order valence-electron chi connectivity index (χ2n) is 6.37. The van der Waals surface area contributed by atoms with Gasteiger partial charge in [-0.2, -0.15) is 0 Å². The first-order valence-electron chi connectivity index (χ1n) is 7.72. The van der Waals surface area contributed by atoms with E-state index in [1.54, 1.807) is 6.92 Å². The van der Waals surface area contributed by atoms with E-state index in [4.69, 9.17) is 0 Å². The maximum Gasteiger partial charge on any atom is 0.319 e. The lowest BCUT2D eigenvalue weighted by atomic mass is 9.89. The molecule has 0 heterocycles. The number of urea groups is 1. The minimum atomic E-state index is -0.907. The number of hydrogen-bond acceptors (Lipinski definition) is 3. The minimum absolute atomic E-state index is 0.119. The molecule has 0 fully saturated rings. The fourth-order valence-corrected chi connectivity index (χ4v) is 2.11. The number of anilines is 2. The Bertz CT molecular complexity index is 513. The van der Waals surface area contributed by atoms with E-state index in [-0.39, 0.29) is 18.5 Å². The van der Waals surface area contributed by atoms with Crippen molar-refractivity contribution >= 4 is 17.4 Å². The summed E-state index contributed by atoms with van der Waals surface area (Å²) in [7, 11) is 3.96. The minimum Gasteiger partial charge on any atom is -0.388 e. The molecule has 22 heavy (non-hydrogen) atoms. The van der Waals surface area contributed by atoms with E-state index >= 15 is 0 Å². The molecule has 0 spiro atoms. The maximum atomic E-state index is 12.0. The molecular weight excluding hydrogens is 278 g/mol. The number of benzene rings is 1. The molecule has 1 aromatic rings. The largest absolute Gasteiger partial charge is 0.388 e. The monoisotopic (exact) mass is 307 g/mol. The molecule has 0 aliphatic heterocycles. The lowest BCUT2D eigenvalue weighted by Crippen LogP contribution is -2.46. The van der Waals surface area contributed by atoms with Gasteiger partial charge in [0, 0.05) is 32.0 Å². The van der Waals surface area contributed by atoms with Crippen molar-refractivity contribution in [1.82, 2.24) is 5.32 Å². The number of amides is 2. The Kier molecular flexibility index (Phi) is 6.23. The maximum absolute atomic E-state index is 12.0. The molecule has 0 aromatic heterocycles. The van der Waals surface area contributed by atoms with Gasteiger partial charge in [-0.15, -0.1) is 0 Å². The standard InChI is InChI=1S/C17H29N3O2/c1-7-13(3)17(4,22)11-18-16(21)19-15-9-8-14(20(5)6)10-12(15)2/h8-10,13,22H,7,11H2,1-6H3,(H2,18,19,21). The zero-order valence-electron chi connectivity index (χ0n) is 14.5. The van der Waals surface area contributed by atoms with Gasteiger partial charge in [0.15, 0.2) is 0 Å². The van der Waals surface area contributed by atoms with Crippen molar-refractivity contribution in [3.8, 4) is 0 Å². The first-order chi connectivity index (χ1) is 10.2. The van der Waals surface area contributed by atoms with Crippen LogP contribution in [-0.2, 0) is 0 Å². The molecule has 0 radical (unpaired) electrons. The van der Waals surface area contributed by atoms with Crippen LogP contribution in [0, 0.1) is 12.8 Å². The Hall–Kier alpha value is -1.75. The lowest BCUT2D eigenvalue weighted by molar-refractivity contribution is 0.00827. The highest BCUT2D eigenvalue weighted by Gasteiger charge is 2.27. The predicted octanol–water partition coefficient (Wildman–Crippen LogP) is 2.98. The van der Waals surface area contributed by atoms with Gasteiger partial charge in [0.25, 0.3) is 0 Å². The first kappa shape index (κ1) is 18.3. The van der Waals surface area contributed by atoms with Gasteiger partial charge in [0.1, 0.15) is 0 Å². The van der Waals surface area contributed by atoms with Gasteiger partial charge in [0.2, 0.25) is 0 Å². The molecule has 0 aliphatic carbocycles. The highest BCUT2D eigenvalue weighted by Crippen LogP contribution is 2.22.